The number of benzene rings is 3. The molecule has 9 nitrogen and oxygen atoms in total. The molecule has 1 saturated heterocycles. The predicted octanol–water partition coefficient (Wildman–Crippen LogP) is 5.56. The van der Waals surface area contributed by atoms with Crippen molar-refractivity contribution in [2.24, 2.45) is 0 Å². The molecule has 0 aromatic heterocycles. The summed E-state index contributed by atoms with van der Waals surface area (Å²) in [4.78, 5) is 49.6. The normalized spacial score (nSPS) is 14.7. The van der Waals surface area contributed by atoms with Crippen LogP contribution in [0.25, 0.3) is 6.08 Å². The lowest BCUT2D eigenvalue weighted by atomic mass is 10.1. The van der Waals surface area contributed by atoms with Crippen molar-refractivity contribution in [3.05, 3.63) is 103 Å². The van der Waals surface area contributed by atoms with E-state index in [1.54, 1.807) is 42.5 Å². The third-order valence-electron chi connectivity index (χ3n) is 5.31. The van der Waals surface area contributed by atoms with Gasteiger partial charge in [0.1, 0.15) is 17.9 Å². The lowest BCUT2D eigenvalue weighted by Crippen LogP contribution is -2.54. The topological polar surface area (TPSA) is 119 Å². The number of aryl methyl sites for hydroxylation is 1. The van der Waals surface area contributed by atoms with E-state index in [0.29, 0.717) is 27.6 Å². The number of carbonyl (C=O) groups is 3. The number of halogens is 2. The number of hydrogen-bond donors (Lipinski definition) is 1. The van der Waals surface area contributed by atoms with E-state index in [9.17, 15) is 24.5 Å². The van der Waals surface area contributed by atoms with Gasteiger partial charge in [0.15, 0.2) is 0 Å². The molecule has 3 aromatic carbocycles. The average Bonchev–Trinajstić information content (AvgIpc) is 2.83. The number of barbiturate groups is 1. The van der Waals surface area contributed by atoms with Gasteiger partial charge in [-0.05, 0) is 72.7 Å². The molecule has 1 aliphatic rings. The molecule has 0 aliphatic carbocycles. The Kier molecular flexibility index (Phi) is 7.18. The molecular weight excluding hydrogens is 554 g/mol. The van der Waals surface area contributed by atoms with Crippen LogP contribution in [0.2, 0.25) is 5.02 Å². The fourth-order valence-corrected chi connectivity index (χ4v) is 3.88. The molecule has 0 spiro atoms. The Morgan fingerprint density at radius 2 is 1.81 bits per heavy atom. The molecule has 1 N–H and O–H groups in total. The van der Waals surface area contributed by atoms with Crippen LogP contribution in [0.15, 0.2) is 70.7 Å². The van der Waals surface area contributed by atoms with Crippen molar-refractivity contribution in [2.45, 2.75) is 13.5 Å². The van der Waals surface area contributed by atoms with Gasteiger partial charge in [-0.1, -0.05) is 27.5 Å². The van der Waals surface area contributed by atoms with Crippen LogP contribution in [0.3, 0.4) is 0 Å². The highest BCUT2D eigenvalue weighted by Crippen LogP contribution is 2.30. The molecule has 0 bridgehead atoms. The van der Waals surface area contributed by atoms with Crippen LogP contribution in [0.1, 0.15) is 16.7 Å². The van der Waals surface area contributed by atoms with Gasteiger partial charge in [-0.15, -0.1) is 0 Å². The van der Waals surface area contributed by atoms with Crippen LogP contribution < -0.4 is 15.0 Å². The first-order valence-corrected chi connectivity index (χ1v) is 11.6. The highest BCUT2D eigenvalue weighted by Gasteiger charge is 2.37. The second-order valence-corrected chi connectivity index (χ2v) is 9.08. The number of urea groups is 1. The number of anilines is 1. The maximum Gasteiger partial charge on any atom is 0.335 e. The van der Waals surface area contributed by atoms with Crippen LogP contribution in [-0.2, 0) is 16.2 Å². The smallest absolute Gasteiger partial charge is 0.335 e. The monoisotopic (exact) mass is 569 g/mol. The molecule has 1 fully saturated rings. The molecule has 3 aromatic rings. The molecule has 36 heavy (non-hydrogen) atoms. The van der Waals surface area contributed by atoms with Crippen molar-refractivity contribution in [2.75, 3.05) is 4.90 Å². The molecule has 0 unspecified atom stereocenters. The molecule has 182 valence electrons. The van der Waals surface area contributed by atoms with Gasteiger partial charge in [-0.2, -0.15) is 0 Å². The Morgan fingerprint density at radius 3 is 2.47 bits per heavy atom. The summed E-state index contributed by atoms with van der Waals surface area (Å²) in [5.74, 6) is -1.34. The molecule has 11 heteroatoms. The number of ether oxygens (including phenoxy) is 1. The van der Waals surface area contributed by atoms with Crippen molar-refractivity contribution in [1.82, 2.24) is 5.32 Å². The summed E-state index contributed by atoms with van der Waals surface area (Å²) >= 11 is 9.53. The van der Waals surface area contributed by atoms with Crippen LogP contribution in [0.4, 0.5) is 16.2 Å². The first-order chi connectivity index (χ1) is 17.1. The van der Waals surface area contributed by atoms with E-state index >= 15 is 0 Å². The number of amides is 4. The van der Waals surface area contributed by atoms with Crippen LogP contribution in [-0.4, -0.2) is 22.8 Å². The van der Waals surface area contributed by atoms with Gasteiger partial charge >= 0.3 is 6.03 Å². The van der Waals surface area contributed by atoms with Crippen LogP contribution >= 0.6 is 27.5 Å². The zero-order valence-corrected chi connectivity index (χ0v) is 21.0. The first-order valence-electron chi connectivity index (χ1n) is 10.5. The minimum Gasteiger partial charge on any atom is -0.488 e. The fourth-order valence-electron chi connectivity index (χ4n) is 3.45. The summed E-state index contributed by atoms with van der Waals surface area (Å²) < 4.78 is 6.65. The third-order valence-corrected chi connectivity index (χ3v) is 6.44. The summed E-state index contributed by atoms with van der Waals surface area (Å²) in [5, 5.41) is 13.4. The zero-order chi connectivity index (χ0) is 26.0. The number of hydrogen-bond acceptors (Lipinski definition) is 6. The number of non-ortho nitro benzene ring substituents is 1. The van der Waals surface area contributed by atoms with E-state index in [-0.39, 0.29) is 17.9 Å². The Balaban J connectivity index is 1.64. The summed E-state index contributed by atoms with van der Waals surface area (Å²) in [6, 6.07) is 14.6. The summed E-state index contributed by atoms with van der Waals surface area (Å²) in [5.41, 5.74) is 1.78. The van der Waals surface area contributed by atoms with Gasteiger partial charge in [-0.25, -0.2) is 9.69 Å². The van der Waals surface area contributed by atoms with Crippen molar-refractivity contribution in [1.29, 1.82) is 0 Å². The van der Waals surface area contributed by atoms with E-state index < -0.39 is 22.8 Å². The third kappa shape index (κ3) is 5.29. The molecule has 0 radical (unpaired) electrons. The fraction of sp³-hybridized carbons (Fsp3) is 0.0800. The molecule has 0 atom stereocenters. The number of nitro benzene ring substituents is 1. The second-order valence-electron chi connectivity index (χ2n) is 7.79. The number of nitrogens with zero attached hydrogens (tertiary/aromatic N) is 2. The minimum absolute atomic E-state index is 0.0439. The first kappa shape index (κ1) is 25.1. The van der Waals surface area contributed by atoms with Gasteiger partial charge < -0.3 is 4.74 Å². The SMILES string of the molecule is Cc1cc(N2C(=O)NC(=O)/C(=C/c3cc(Cl)ccc3OCc3ccc([N+](=O)[O-])cc3)C2=O)ccc1Br. The number of carbonyl (C=O) groups excluding carboxylic acids is 3. The van der Waals surface area contributed by atoms with Gasteiger partial charge in [0.2, 0.25) is 0 Å². The van der Waals surface area contributed by atoms with Crippen LogP contribution in [0, 0.1) is 17.0 Å². The van der Waals surface area contributed by atoms with E-state index in [1.807, 2.05) is 6.92 Å². The molecule has 4 amide bonds. The maximum absolute atomic E-state index is 13.2. The number of nitrogens with one attached hydrogen (secondary N) is 1. The number of imide groups is 2. The van der Waals surface area contributed by atoms with Crippen molar-refractivity contribution in [3.63, 3.8) is 0 Å². The van der Waals surface area contributed by atoms with E-state index in [2.05, 4.69) is 21.2 Å². The maximum atomic E-state index is 13.2. The van der Waals surface area contributed by atoms with Crippen molar-refractivity contribution >= 4 is 62.8 Å². The molecule has 1 heterocycles. The Morgan fingerprint density at radius 1 is 1.08 bits per heavy atom. The molecular formula is C25H17BrClN3O6. The van der Waals surface area contributed by atoms with E-state index in [1.165, 1.54) is 24.3 Å². The van der Waals surface area contributed by atoms with Crippen LogP contribution in [0.5, 0.6) is 5.75 Å². The number of nitro groups is 1. The van der Waals surface area contributed by atoms with E-state index in [4.69, 9.17) is 16.3 Å². The van der Waals surface area contributed by atoms with Gasteiger partial charge in [-0.3, -0.25) is 25.0 Å². The van der Waals surface area contributed by atoms with Crippen molar-refractivity contribution in [3.8, 4) is 5.75 Å². The van der Waals surface area contributed by atoms with Gasteiger partial charge in [0.25, 0.3) is 17.5 Å². The molecule has 1 aliphatic heterocycles. The highest BCUT2D eigenvalue weighted by molar-refractivity contribution is 9.10. The average molecular weight is 571 g/mol. The molecule has 0 saturated carbocycles. The Labute approximate surface area is 218 Å². The second kappa shape index (κ2) is 10.3. The lowest BCUT2D eigenvalue weighted by Gasteiger charge is -2.27. The Bertz CT molecular complexity index is 1440. The van der Waals surface area contributed by atoms with Gasteiger partial charge in [0.05, 0.1) is 10.6 Å². The highest BCUT2D eigenvalue weighted by atomic mass is 79.9. The quantitative estimate of drug-likeness (QED) is 0.179. The van der Waals surface area contributed by atoms with E-state index in [0.717, 1.165) is 14.9 Å². The van der Waals surface area contributed by atoms with Gasteiger partial charge in [0, 0.05) is 27.2 Å². The number of rotatable bonds is 6. The Hall–Kier alpha value is -4.02. The minimum atomic E-state index is -0.857. The largest absolute Gasteiger partial charge is 0.488 e. The molecule has 4 rings (SSSR count). The zero-order valence-electron chi connectivity index (χ0n) is 18.7. The predicted molar refractivity (Wildman–Crippen MR) is 137 cm³/mol. The summed E-state index contributed by atoms with van der Waals surface area (Å²) in [7, 11) is 0. The lowest BCUT2D eigenvalue weighted by molar-refractivity contribution is -0.384. The van der Waals surface area contributed by atoms with Crippen molar-refractivity contribution < 1.29 is 24.0 Å². The summed E-state index contributed by atoms with van der Waals surface area (Å²) in [6.07, 6.45) is 1.31. The standard InChI is InChI=1S/C25H17BrClN3O6/c1-14-10-19(7-8-21(14)26)29-24(32)20(23(31)28-25(29)33)12-16-11-17(27)4-9-22(16)36-13-15-2-5-18(6-3-15)30(34)35/h2-12H,13H2,1H3,(H,28,31,33)/b20-12-. The summed E-state index contributed by atoms with van der Waals surface area (Å²) in [6.45, 7) is 1.88.